The van der Waals surface area contributed by atoms with E-state index in [0.29, 0.717) is 11.6 Å². The van der Waals surface area contributed by atoms with Gasteiger partial charge in [-0.05, 0) is 30.2 Å². The van der Waals surface area contributed by atoms with Crippen LogP contribution in [-0.4, -0.2) is 19.5 Å². The predicted molar refractivity (Wildman–Crippen MR) is 127 cm³/mol. The highest BCUT2D eigenvalue weighted by atomic mass is 15.1. The highest BCUT2D eigenvalue weighted by Gasteiger charge is 2.15. The summed E-state index contributed by atoms with van der Waals surface area (Å²) in [5.41, 5.74) is 6.61. The van der Waals surface area contributed by atoms with Crippen LogP contribution in [0.2, 0.25) is 0 Å². The third-order valence-electron chi connectivity index (χ3n) is 5.34. The first-order valence-electron chi connectivity index (χ1n) is 10.3. The van der Waals surface area contributed by atoms with Crippen LogP contribution < -0.4 is 5.32 Å². The van der Waals surface area contributed by atoms with E-state index in [4.69, 9.17) is 11.6 Å². The Morgan fingerprint density at radius 1 is 0.938 bits per heavy atom. The molecule has 6 nitrogen and oxygen atoms in total. The summed E-state index contributed by atoms with van der Waals surface area (Å²) in [5.74, 6) is 1.40. The first-order chi connectivity index (χ1) is 15.7. The van der Waals surface area contributed by atoms with Crippen molar-refractivity contribution in [3.63, 3.8) is 0 Å². The van der Waals surface area contributed by atoms with Crippen molar-refractivity contribution < 1.29 is 0 Å². The second-order valence-electron chi connectivity index (χ2n) is 7.49. The van der Waals surface area contributed by atoms with Gasteiger partial charge >= 0.3 is 0 Å². The largest absolute Gasteiger partial charge is 0.324 e. The minimum Gasteiger partial charge on any atom is -0.324 e. The van der Waals surface area contributed by atoms with E-state index in [1.807, 2.05) is 31.2 Å². The number of aromatic nitrogens is 4. The van der Waals surface area contributed by atoms with Crippen molar-refractivity contribution >= 4 is 28.4 Å². The average Bonchev–Trinajstić information content (AvgIpc) is 3.15. The average molecular weight is 416 g/mol. The molecule has 5 rings (SSSR count). The molecule has 0 radical (unpaired) electrons. The lowest BCUT2D eigenvalue weighted by Crippen LogP contribution is -2.02. The molecular weight excluding hydrogens is 396 g/mol. The zero-order valence-corrected chi connectivity index (χ0v) is 17.5. The lowest BCUT2D eigenvalue weighted by Gasteiger charge is -2.12. The third kappa shape index (κ3) is 3.80. The molecule has 0 aliphatic heterocycles. The maximum Gasteiger partial charge on any atom is 0.224 e. The number of nitrogens with one attached hydrogen (secondary N) is 1. The van der Waals surface area contributed by atoms with Crippen LogP contribution in [0.5, 0.6) is 0 Å². The second kappa shape index (κ2) is 8.32. The molecule has 1 N–H and O–H groups in total. The number of fused-ring (bicyclic) bond motifs is 1. The maximum absolute atomic E-state index is 7.08. The number of rotatable bonds is 5. The van der Waals surface area contributed by atoms with E-state index in [-0.39, 0.29) is 0 Å². The number of anilines is 2. The van der Waals surface area contributed by atoms with Crippen molar-refractivity contribution in [2.75, 3.05) is 5.32 Å². The van der Waals surface area contributed by atoms with Crippen molar-refractivity contribution in [1.29, 1.82) is 0 Å². The van der Waals surface area contributed by atoms with Gasteiger partial charge in [-0.25, -0.2) is 19.8 Å². The van der Waals surface area contributed by atoms with E-state index in [2.05, 4.69) is 73.2 Å². The molecule has 2 heterocycles. The normalized spacial score (nSPS) is 10.8. The van der Waals surface area contributed by atoms with Gasteiger partial charge in [0, 0.05) is 30.2 Å². The van der Waals surface area contributed by atoms with Gasteiger partial charge in [-0.2, -0.15) is 0 Å². The Balaban J connectivity index is 1.65. The highest BCUT2D eigenvalue weighted by molar-refractivity contribution is 5.96. The molecule has 5 aromatic rings. The maximum atomic E-state index is 7.08. The van der Waals surface area contributed by atoms with E-state index in [1.54, 1.807) is 0 Å². The molecule has 0 aliphatic carbocycles. The Kier molecular flexibility index (Phi) is 5.06. The van der Waals surface area contributed by atoms with Gasteiger partial charge in [-0.3, -0.25) is 0 Å². The molecule has 0 spiro atoms. The van der Waals surface area contributed by atoms with Crippen LogP contribution in [-0.2, 0) is 6.54 Å². The fourth-order valence-corrected chi connectivity index (χ4v) is 3.79. The zero-order chi connectivity index (χ0) is 21.9. The molecule has 32 heavy (non-hydrogen) atoms. The minimum absolute atomic E-state index is 0.410. The van der Waals surface area contributed by atoms with Gasteiger partial charge in [0.05, 0.1) is 17.6 Å². The Hall–Kier alpha value is -4.50. The minimum atomic E-state index is 0.410. The Labute approximate surface area is 186 Å². The van der Waals surface area contributed by atoms with Crippen LogP contribution in [0.4, 0.5) is 17.3 Å². The summed E-state index contributed by atoms with van der Waals surface area (Å²) in [6, 6.07) is 24.8. The van der Waals surface area contributed by atoms with Gasteiger partial charge in [0.25, 0.3) is 0 Å². The Morgan fingerprint density at radius 3 is 2.31 bits per heavy atom. The van der Waals surface area contributed by atoms with Crippen LogP contribution in [0.1, 0.15) is 11.4 Å². The molecule has 6 heteroatoms. The first-order valence-corrected chi connectivity index (χ1v) is 10.3. The zero-order valence-electron chi connectivity index (χ0n) is 17.5. The number of hydrogen-bond donors (Lipinski definition) is 1. The van der Waals surface area contributed by atoms with Crippen molar-refractivity contribution in [1.82, 2.24) is 19.5 Å². The van der Waals surface area contributed by atoms with Gasteiger partial charge in [-0.15, -0.1) is 0 Å². The highest BCUT2D eigenvalue weighted by Crippen LogP contribution is 2.33. The molecule has 2 aromatic heterocycles. The summed E-state index contributed by atoms with van der Waals surface area (Å²) in [4.78, 5) is 16.8. The van der Waals surface area contributed by atoms with E-state index < -0.39 is 0 Å². The Bertz CT molecular complexity index is 1420. The van der Waals surface area contributed by atoms with E-state index in [9.17, 15) is 0 Å². The van der Waals surface area contributed by atoms with Crippen molar-refractivity contribution in [3.8, 4) is 11.1 Å². The molecule has 154 valence electrons. The summed E-state index contributed by atoms with van der Waals surface area (Å²) in [7, 11) is 0. The predicted octanol–water partition coefficient (Wildman–Crippen LogP) is 6.14. The van der Waals surface area contributed by atoms with E-state index in [0.717, 1.165) is 40.2 Å². The fraction of sp³-hybridized carbons (Fsp3) is 0.0769. The molecule has 0 unspecified atom stereocenters. The molecule has 0 saturated heterocycles. The van der Waals surface area contributed by atoms with Gasteiger partial charge in [-0.1, -0.05) is 60.7 Å². The smallest absolute Gasteiger partial charge is 0.224 e. The van der Waals surface area contributed by atoms with Gasteiger partial charge in [0.1, 0.15) is 5.82 Å². The molecule has 0 aliphatic rings. The van der Waals surface area contributed by atoms with Gasteiger partial charge in [0.2, 0.25) is 11.6 Å². The van der Waals surface area contributed by atoms with Crippen LogP contribution in [0.25, 0.3) is 27.0 Å². The molecule has 0 bridgehead atoms. The van der Waals surface area contributed by atoms with Crippen LogP contribution >= 0.6 is 0 Å². The quantitative estimate of drug-likeness (QED) is 0.349. The number of aryl methyl sites for hydroxylation is 1. The van der Waals surface area contributed by atoms with Crippen molar-refractivity contribution in [3.05, 3.63) is 108 Å². The molecule has 0 atom stereocenters. The molecule has 0 fully saturated rings. The first kappa shape index (κ1) is 19.5. The topological polar surface area (TPSA) is 60.0 Å². The van der Waals surface area contributed by atoms with Crippen LogP contribution in [0.3, 0.4) is 0 Å². The number of benzene rings is 3. The molecular formula is C26H20N6. The van der Waals surface area contributed by atoms with Crippen molar-refractivity contribution in [2.24, 2.45) is 0 Å². The van der Waals surface area contributed by atoms with Crippen LogP contribution in [0, 0.1) is 13.5 Å². The lowest BCUT2D eigenvalue weighted by molar-refractivity contribution is 0.786. The lowest BCUT2D eigenvalue weighted by atomic mass is 10.0. The summed E-state index contributed by atoms with van der Waals surface area (Å²) in [6.45, 7) is 9.85. The fourth-order valence-electron chi connectivity index (χ4n) is 3.79. The SMILES string of the molecule is [C-]#[N+]c1cnc(Nc2cc(-c3ccccc3)c3nc(C)n(Cc4ccccc4)c3c2)nc1. The Morgan fingerprint density at radius 2 is 1.62 bits per heavy atom. The summed E-state index contributed by atoms with van der Waals surface area (Å²) in [5, 5.41) is 3.29. The standard InChI is InChI=1S/C26H20N6/c1-18-30-25-23(20-11-7-4-8-12-20)13-21(31-26-28-15-22(27-2)16-29-26)14-24(25)32(18)17-19-9-5-3-6-10-19/h3-16H,17H2,1H3,(H,28,29,31). The van der Waals surface area contributed by atoms with E-state index >= 15 is 0 Å². The molecule has 0 amide bonds. The monoisotopic (exact) mass is 416 g/mol. The summed E-state index contributed by atoms with van der Waals surface area (Å²) < 4.78 is 2.23. The molecule has 0 saturated carbocycles. The van der Waals surface area contributed by atoms with E-state index in [1.165, 1.54) is 18.0 Å². The van der Waals surface area contributed by atoms with Gasteiger partial charge in [0.15, 0.2) is 0 Å². The van der Waals surface area contributed by atoms with Crippen LogP contribution in [0.15, 0.2) is 85.2 Å². The van der Waals surface area contributed by atoms with Crippen molar-refractivity contribution in [2.45, 2.75) is 13.5 Å². The van der Waals surface area contributed by atoms with Gasteiger partial charge < -0.3 is 9.88 Å². The summed E-state index contributed by atoms with van der Waals surface area (Å²) >= 11 is 0. The summed E-state index contributed by atoms with van der Waals surface area (Å²) in [6.07, 6.45) is 3.03. The number of hydrogen-bond acceptors (Lipinski definition) is 4. The molecule has 3 aromatic carbocycles. The number of nitrogens with zero attached hydrogens (tertiary/aromatic N) is 5. The second-order valence-corrected chi connectivity index (χ2v) is 7.49. The number of imidazole rings is 1. The third-order valence-corrected chi connectivity index (χ3v) is 5.34.